The zero-order chi connectivity index (χ0) is 15.8. The first-order valence-electron chi connectivity index (χ1n) is 8.37. The first kappa shape index (κ1) is 14.3. The molecule has 1 unspecified atom stereocenters. The molecule has 0 bridgehead atoms. The summed E-state index contributed by atoms with van der Waals surface area (Å²) in [6.45, 7) is 2.31. The van der Waals surface area contributed by atoms with Crippen molar-refractivity contribution < 1.29 is 9.53 Å². The van der Waals surface area contributed by atoms with Crippen LogP contribution in [0.4, 0.5) is 0 Å². The molecule has 0 aromatic heterocycles. The Morgan fingerprint density at radius 2 is 1.96 bits per heavy atom. The van der Waals surface area contributed by atoms with Crippen LogP contribution in [-0.2, 0) is 22.4 Å². The highest BCUT2D eigenvalue weighted by Crippen LogP contribution is 2.21. The van der Waals surface area contributed by atoms with Crippen LogP contribution in [0, 0.1) is 16.4 Å². The lowest BCUT2D eigenvalue weighted by atomic mass is 9.85. The molecule has 0 fully saturated rings. The second-order valence-electron chi connectivity index (χ2n) is 6.22. The lowest BCUT2D eigenvalue weighted by molar-refractivity contribution is -0.145. The zero-order valence-electron chi connectivity index (χ0n) is 13.3. The van der Waals surface area contributed by atoms with Crippen molar-refractivity contribution in [2.75, 3.05) is 6.61 Å². The Labute approximate surface area is 135 Å². The van der Waals surface area contributed by atoms with Gasteiger partial charge in [0.15, 0.2) is 0 Å². The average Bonchev–Trinajstić information content (AvgIpc) is 2.60. The Bertz CT molecular complexity index is 985. The predicted octanol–water partition coefficient (Wildman–Crippen LogP) is 2.22. The Kier molecular flexibility index (Phi) is 3.53. The molecule has 0 aliphatic heterocycles. The van der Waals surface area contributed by atoms with E-state index in [-0.39, 0.29) is 11.9 Å². The molecule has 0 amide bonds. The molecular formula is C21H20O2. The Morgan fingerprint density at radius 1 is 1.09 bits per heavy atom. The predicted molar refractivity (Wildman–Crippen MR) is 90.9 cm³/mol. The number of hydrogen-bond donors (Lipinski definition) is 0. The third-order valence-electron chi connectivity index (χ3n) is 4.92. The molecule has 2 aromatic carbocycles. The molecule has 0 spiro atoms. The fourth-order valence-electron chi connectivity index (χ4n) is 3.82. The molecule has 0 radical (unpaired) electrons. The van der Waals surface area contributed by atoms with Crippen molar-refractivity contribution in [2.24, 2.45) is 5.92 Å². The van der Waals surface area contributed by atoms with Crippen molar-refractivity contribution in [3.63, 3.8) is 0 Å². The second-order valence-corrected chi connectivity index (χ2v) is 6.22. The number of carbonyl (C=O) groups is 1. The second kappa shape index (κ2) is 5.69. The number of carbonyl (C=O) groups excluding carboxylic acids is 1. The molecule has 0 heterocycles. The van der Waals surface area contributed by atoms with Gasteiger partial charge in [0.05, 0.1) is 12.5 Å². The monoisotopic (exact) mass is 304 g/mol. The maximum atomic E-state index is 12.0. The van der Waals surface area contributed by atoms with E-state index in [0.717, 1.165) is 19.3 Å². The van der Waals surface area contributed by atoms with Gasteiger partial charge < -0.3 is 4.74 Å². The lowest BCUT2D eigenvalue weighted by Crippen LogP contribution is -2.27. The fourth-order valence-corrected chi connectivity index (χ4v) is 3.82. The van der Waals surface area contributed by atoms with Crippen LogP contribution >= 0.6 is 0 Å². The number of rotatable bonds is 2. The van der Waals surface area contributed by atoms with Crippen LogP contribution in [0.5, 0.6) is 0 Å². The molecule has 2 nitrogen and oxygen atoms in total. The molecule has 2 heteroatoms. The highest BCUT2D eigenvalue weighted by molar-refractivity contribution is 5.79. The van der Waals surface area contributed by atoms with Gasteiger partial charge in [0.25, 0.3) is 0 Å². The summed E-state index contributed by atoms with van der Waals surface area (Å²) in [5.74, 6) is -0.187. The summed E-state index contributed by atoms with van der Waals surface area (Å²) in [6.07, 6.45) is 7.19. The van der Waals surface area contributed by atoms with Gasteiger partial charge in [-0.3, -0.25) is 4.79 Å². The van der Waals surface area contributed by atoms with E-state index in [4.69, 9.17) is 4.74 Å². The van der Waals surface area contributed by atoms with Crippen LogP contribution in [-0.4, -0.2) is 12.6 Å². The van der Waals surface area contributed by atoms with Crippen molar-refractivity contribution in [2.45, 2.75) is 26.2 Å². The van der Waals surface area contributed by atoms with E-state index >= 15 is 0 Å². The van der Waals surface area contributed by atoms with Gasteiger partial charge in [-0.15, -0.1) is 0 Å². The van der Waals surface area contributed by atoms with E-state index in [1.807, 2.05) is 6.92 Å². The third-order valence-corrected chi connectivity index (χ3v) is 4.92. The summed E-state index contributed by atoms with van der Waals surface area (Å²) in [5, 5.41) is 5.21. The summed E-state index contributed by atoms with van der Waals surface area (Å²) < 4.78 is 5.18. The van der Waals surface area contributed by atoms with E-state index in [1.54, 1.807) is 0 Å². The molecule has 0 saturated heterocycles. The fraction of sp³-hybridized carbons (Fsp3) is 0.286. The van der Waals surface area contributed by atoms with Crippen molar-refractivity contribution in [1.29, 1.82) is 0 Å². The largest absolute Gasteiger partial charge is 0.466 e. The molecular weight excluding hydrogens is 284 g/mol. The maximum absolute atomic E-state index is 12.0. The van der Waals surface area contributed by atoms with E-state index in [1.165, 1.54) is 32.0 Å². The normalized spacial score (nSPS) is 17.9. The molecule has 0 saturated carbocycles. The number of fused-ring (bicyclic) bond motifs is 4. The van der Waals surface area contributed by atoms with Gasteiger partial charge in [-0.25, -0.2) is 0 Å². The summed E-state index contributed by atoms with van der Waals surface area (Å²) in [6, 6.07) is 13.0. The summed E-state index contributed by atoms with van der Waals surface area (Å²) in [5.41, 5.74) is 2.84. The van der Waals surface area contributed by atoms with E-state index < -0.39 is 0 Å². The molecule has 23 heavy (non-hydrogen) atoms. The quantitative estimate of drug-likeness (QED) is 0.795. The van der Waals surface area contributed by atoms with E-state index in [0.29, 0.717) is 6.61 Å². The summed E-state index contributed by atoms with van der Waals surface area (Å²) >= 11 is 0. The van der Waals surface area contributed by atoms with Crippen LogP contribution in [0.3, 0.4) is 0 Å². The molecule has 4 rings (SSSR count). The average molecular weight is 304 g/mol. The molecule has 2 aromatic rings. The van der Waals surface area contributed by atoms with Gasteiger partial charge in [0, 0.05) is 0 Å². The summed E-state index contributed by atoms with van der Waals surface area (Å²) in [4.78, 5) is 12.0. The molecule has 2 aliphatic rings. The Balaban J connectivity index is 1.91. The first-order valence-corrected chi connectivity index (χ1v) is 8.37. The van der Waals surface area contributed by atoms with Crippen LogP contribution in [0.1, 0.15) is 24.5 Å². The minimum atomic E-state index is -0.0969. The molecule has 1 atom stereocenters. The molecule has 2 aliphatic carbocycles. The van der Waals surface area contributed by atoms with E-state index in [9.17, 15) is 4.79 Å². The maximum Gasteiger partial charge on any atom is 0.312 e. The van der Waals surface area contributed by atoms with Gasteiger partial charge in [-0.2, -0.15) is 0 Å². The lowest BCUT2D eigenvalue weighted by Gasteiger charge is -2.20. The molecule has 116 valence electrons. The van der Waals surface area contributed by atoms with Crippen molar-refractivity contribution in [3.8, 4) is 0 Å². The third kappa shape index (κ3) is 2.39. The van der Waals surface area contributed by atoms with Gasteiger partial charge in [0.1, 0.15) is 0 Å². The van der Waals surface area contributed by atoms with Crippen LogP contribution in [0.2, 0.25) is 0 Å². The zero-order valence-corrected chi connectivity index (χ0v) is 13.3. The highest BCUT2D eigenvalue weighted by Gasteiger charge is 2.22. The van der Waals surface area contributed by atoms with Crippen molar-refractivity contribution in [1.82, 2.24) is 0 Å². The van der Waals surface area contributed by atoms with Crippen molar-refractivity contribution in [3.05, 3.63) is 68.4 Å². The van der Waals surface area contributed by atoms with Crippen LogP contribution < -0.4 is 10.4 Å². The minimum Gasteiger partial charge on any atom is -0.466 e. The van der Waals surface area contributed by atoms with Crippen molar-refractivity contribution >= 4 is 18.1 Å². The van der Waals surface area contributed by atoms with Gasteiger partial charge in [0.2, 0.25) is 0 Å². The number of benzene rings is 2. The van der Waals surface area contributed by atoms with Crippen LogP contribution in [0.25, 0.3) is 12.2 Å². The highest BCUT2D eigenvalue weighted by atomic mass is 16.5. The molecule has 0 N–H and O–H groups in total. The Hall–Kier alpha value is -2.35. The standard InChI is InChI=1S/C21H20O2/c1-2-23-21(22)16-9-10-18-15(13-16)8-12-19-17-6-4-3-5-14(17)7-11-20(18)19/h3-8,12-13,16H,2,9-11H2,1H3. The van der Waals surface area contributed by atoms with Crippen LogP contribution in [0.15, 0.2) is 36.4 Å². The topological polar surface area (TPSA) is 26.3 Å². The van der Waals surface area contributed by atoms with E-state index in [2.05, 4.69) is 48.6 Å². The number of esters is 1. The number of hydrogen-bond acceptors (Lipinski definition) is 2. The van der Waals surface area contributed by atoms with Gasteiger partial charge in [-0.1, -0.05) is 48.6 Å². The smallest absolute Gasteiger partial charge is 0.312 e. The first-order chi connectivity index (χ1) is 11.3. The van der Waals surface area contributed by atoms with Gasteiger partial charge >= 0.3 is 5.97 Å². The Morgan fingerprint density at radius 3 is 2.83 bits per heavy atom. The minimum absolute atomic E-state index is 0.0900. The number of ether oxygens (including phenoxy) is 1. The SMILES string of the molecule is CCOC(=O)C1C=c2ccc3c(c2CC1)CC=c1ccccc1=3. The summed E-state index contributed by atoms with van der Waals surface area (Å²) in [7, 11) is 0. The van der Waals surface area contributed by atoms with Gasteiger partial charge in [-0.05, 0) is 58.2 Å².